The molecule has 0 saturated carbocycles. The lowest BCUT2D eigenvalue weighted by molar-refractivity contribution is 0.230. The van der Waals surface area contributed by atoms with E-state index in [2.05, 4.69) is 27.4 Å². The maximum atomic E-state index is 12.3. The van der Waals surface area contributed by atoms with E-state index in [0.29, 0.717) is 0 Å². The number of rotatable bonds is 5. The highest BCUT2D eigenvalue weighted by atomic mass is 16.2. The molecule has 0 atom stereocenters. The number of urea groups is 1. The molecule has 0 fully saturated rings. The predicted molar refractivity (Wildman–Crippen MR) is 112 cm³/mol. The molecular formula is C22H24N4O. The lowest BCUT2D eigenvalue weighted by atomic mass is 9.92. The van der Waals surface area contributed by atoms with Crippen molar-refractivity contribution >= 4 is 28.7 Å². The van der Waals surface area contributed by atoms with Crippen LogP contribution in [0.2, 0.25) is 0 Å². The molecule has 1 heterocycles. The van der Waals surface area contributed by atoms with Crippen molar-refractivity contribution < 1.29 is 4.79 Å². The summed E-state index contributed by atoms with van der Waals surface area (Å²) >= 11 is 0. The van der Waals surface area contributed by atoms with Crippen LogP contribution in [-0.4, -0.2) is 17.2 Å². The maximum absolute atomic E-state index is 12.3. The molecule has 5 nitrogen and oxygen atoms in total. The molecule has 0 unspecified atom stereocenters. The first-order chi connectivity index (χ1) is 12.9. The van der Waals surface area contributed by atoms with Gasteiger partial charge in [0.05, 0.1) is 11.8 Å². The van der Waals surface area contributed by atoms with E-state index in [-0.39, 0.29) is 6.03 Å². The molecule has 2 aromatic carbocycles. The molecule has 0 bridgehead atoms. The van der Waals surface area contributed by atoms with E-state index in [1.54, 1.807) is 6.21 Å². The van der Waals surface area contributed by atoms with Crippen molar-refractivity contribution in [3.8, 4) is 0 Å². The summed E-state index contributed by atoms with van der Waals surface area (Å²) in [5.41, 5.74) is 6.97. The minimum Gasteiger partial charge on any atom is -0.361 e. The third kappa shape index (κ3) is 4.26. The second-order valence-electron chi connectivity index (χ2n) is 7.10. The molecule has 0 saturated heterocycles. The van der Waals surface area contributed by atoms with Crippen molar-refractivity contribution in [1.29, 1.82) is 0 Å². The normalized spacial score (nSPS) is 11.7. The summed E-state index contributed by atoms with van der Waals surface area (Å²) in [6.45, 7) is 9.84. The third-order valence-corrected chi connectivity index (χ3v) is 4.49. The van der Waals surface area contributed by atoms with Crippen molar-refractivity contribution in [2.24, 2.45) is 5.10 Å². The summed E-state index contributed by atoms with van der Waals surface area (Å²) in [5, 5.41) is 8.08. The van der Waals surface area contributed by atoms with Gasteiger partial charge in [0.2, 0.25) is 0 Å². The molecule has 0 aliphatic heterocycles. The second kappa shape index (κ2) is 7.50. The molecule has 5 heteroatoms. The van der Waals surface area contributed by atoms with Crippen LogP contribution in [0.15, 0.2) is 66.4 Å². The Bertz CT molecular complexity index is 1010. The van der Waals surface area contributed by atoms with Gasteiger partial charge >= 0.3 is 6.03 Å². The number of carbonyl (C=O) groups is 1. The highest BCUT2D eigenvalue weighted by Crippen LogP contribution is 2.23. The number of fused-ring (bicyclic) bond motifs is 1. The first-order valence-corrected chi connectivity index (χ1v) is 8.80. The Morgan fingerprint density at radius 1 is 1.19 bits per heavy atom. The van der Waals surface area contributed by atoms with Crippen molar-refractivity contribution in [1.82, 2.24) is 15.7 Å². The summed E-state index contributed by atoms with van der Waals surface area (Å²) in [6, 6.07) is 15.6. The van der Waals surface area contributed by atoms with E-state index in [4.69, 9.17) is 0 Å². The molecule has 27 heavy (non-hydrogen) atoms. The molecular weight excluding hydrogens is 336 g/mol. The average molecular weight is 360 g/mol. The zero-order valence-corrected chi connectivity index (χ0v) is 15.8. The van der Waals surface area contributed by atoms with Crippen LogP contribution < -0.4 is 10.7 Å². The highest BCUT2D eigenvalue weighted by Gasteiger charge is 2.23. The summed E-state index contributed by atoms with van der Waals surface area (Å²) in [5.74, 6) is 0. The molecule has 0 aliphatic rings. The van der Waals surface area contributed by atoms with E-state index < -0.39 is 5.54 Å². The van der Waals surface area contributed by atoms with Gasteiger partial charge in [-0.25, -0.2) is 10.2 Å². The summed E-state index contributed by atoms with van der Waals surface area (Å²) in [7, 11) is 0. The Hall–Kier alpha value is -3.34. The quantitative estimate of drug-likeness (QED) is 0.445. The van der Waals surface area contributed by atoms with Crippen LogP contribution in [-0.2, 0) is 5.54 Å². The number of hydrogen-bond donors (Lipinski definition) is 3. The van der Waals surface area contributed by atoms with Crippen LogP contribution in [0.5, 0.6) is 0 Å². The molecule has 0 radical (unpaired) electrons. The standard InChI is InChI=1S/C22H24N4O/c1-15(2)16-8-7-9-18(12-16)22(3,4)25-21(27)26-24-14-17-13-23-20-11-6-5-10-19(17)20/h5-14,23H,1H2,2-4H3,(H2,25,26,27). The molecule has 3 N–H and O–H groups in total. The van der Waals surface area contributed by atoms with Crippen molar-refractivity contribution in [3.05, 3.63) is 78.0 Å². The lowest BCUT2D eigenvalue weighted by Gasteiger charge is -2.27. The minimum absolute atomic E-state index is 0.364. The van der Waals surface area contributed by atoms with E-state index >= 15 is 0 Å². The van der Waals surface area contributed by atoms with Crippen molar-refractivity contribution in [2.75, 3.05) is 0 Å². The van der Waals surface area contributed by atoms with Crippen LogP contribution in [0.25, 0.3) is 16.5 Å². The lowest BCUT2D eigenvalue weighted by Crippen LogP contribution is -2.45. The third-order valence-electron chi connectivity index (χ3n) is 4.49. The van der Waals surface area contributed by atoms with E-state index in [9.17, 15) is 4.79 Å². The number of allylic oxidation sites excluding steroid dienone is 1. The van der Waals surface area contributed by atoms with Crippen molar-refractivity contribution in [2.45, 2.75) is 26.3 Å². The number of carbonyl (C=O) groups excluding carboxylic acids is 1. The number of hydrogen-bond acceptors (Lipinski definition) is 2. The van der Waals surface area contributed by atoms with Crippen molar-refractivity contribution in [3.63, 3.8) is 0 Å². The molecule has 2 amide bonds. The number of amides is 2. The van der Waals surface area contributed by atoms with Gasteiger partial charge in [0.25, 0.3) is 0 Å². The van der Waals surface area contributed by atoms with Crippen LogP contribution >= 0.6 is 0 Å². The number of H-pyrrole nitrogens is 1. The van der Waals surface area contributed by atoms with Gasteiger partial charge in [0.1, 0.15) is 0 Å². The first-order valence-electron chi connectivity index (χ1n) is 8.80. The van der Waals surface area contributed by atoms with Crippen LogP contribution in [0.1, 0.15) is 37.5 Å². The number of aromatic amines is 1. The molecule has 138 valence electrons. The number of benzene rings is 2. The molecule has 1 aromatic heterocycles. The number of para-hydroxylation sites is 1. The maximum Gasteiger partial charge on any atom is 0.335 e. The molecule has 0 aliphatic carbocycles. The fourth-order valence-electron chi connectivity index (χ4n) is 2.92. The molecule has 0 spiro atoms. The SMILES string of the molecule is C=C(C)c1cccc(C(C)(C)NC(=O)NN=Cc2c[nH]c3ccccc23)c1. The Labute approximate surface area is 159 Å². The second-order valence-corrected chi connectivity index (χ2v) is 7.10. The first kappa shape index (κ1) is 18.5. The summed E-state index contributed by atoms with van der Waals surface area (Å²) in [4.78, 5) is 15.5. The number of hydrazone groups is 1. The Balaban J connectivity index is 1.66. The topological polar surface area (TPSA) is 69.3 Å². The Kier molecular flexibility index (Phi) is 5.12. The smallest absolute Gasteiger partial charge is 0.335 e. The van der Waals surface area contributed by atoms with Gasteiger partial charge in [-0.1, -0.05) is 48.6 Å². The van der Waals surface area contributed by atoms with Gasteiger partial charge in [-0.05, 0) is 44.0 Å². The monoisotopic (exact) mass is 360 g/mol. The van der Waals surface area contributed by atoms with Crippen LogP contribution in [0.3, 0.4) is 0 Å². The predicted octanol–water partition coefficient (Wildman–Crippen LogP) is 4.77. The fraction of sp³-hybridized carbons (Fsp3) is 0.182. The number of nitrogens with one attached hydrogen (secondary N) is 3. The largest absolute Gasteiger partial charge is 0.361 e. The van der Waals surface area contributed by atoms with Gasteiger partial charge in [-0.2, -0.15) is 5.10 Å². The van der Waals surface area contributed by atoms with E-state index in [0.717, 1.165) is 33.2 Å². The van der Waals surface area contributed by atoms with E-state index in [1.807, 2.05) is 75.5 Å². The molecule has 3 aromatic rings. The van der Waals surface area contributed by atoms with Gasteiger partial charge in [0, 0.05) is 22.7 Å². The van der Waals surface area contributed by atoms with Gasteiger partial charge in [-0.15, -0.1) is 0 Å². The zero-order chi connectivity index (χ0) is 19.4. The summed E-state index contributed by atoms with van der Waals surface area (Å²) in [6.07, 6.45) is 3.49. The van der Waals surface area contributed by atoms with Crippen LogP contribution in [0, 0.1) is 0 Å². The van der Waals surface area contributed by atoms with Gasteiger partial charge in [-0.3, -0.25) is 0 Å². The van der Waals surface area contributed by atoms with Gasteiger partial charge in [0.15, 0.2) is 0 Å². The number of nitrogens with zero attached hydrogens (tertiary/aromatic N) is 1. The summed E-state index contributed by atoms with van der Waals surface area (Å²) < 4.78 is 0. The Morgan fingerprint density at radius 3 is 2.74 bits per heavy atom. The van der Waals surface area contributed by atoms with Gasteiger partial charge < -0.3 is 10.3 Å². The molecule has 3 rings (SSSR count). The minimum atomic E-state index is -0.550. The fourth-order valence-corrected chi connectivity index (χ4v) is 2.92. The Morgan fingerprint density at radius 2 is 1.96 bits per heavy atom. The zero-order valence-electron chi connectivity index (χ0n) is 15.8. The number of aromatic nitrogens is 1. The van der Waals surface area contributed by atoms with Crippen LogP contribution in [0.4, 0.5) is 4.79 Å². The highest BCUT2D eigenvalue weighted by molar-refractivity contribution is 5.99. The van der Waals surface area contributed by atoms with E-state index in [1.165, 1.54) is 0 Å². The average Bonchev–Trinajstić information content (AvgIpc) is 3.05.